The summed E-state index contributed by atoms with van der Waals surface area (Å²) in [6.07, 6.45) is -1.61. The first-order valence-corrected chi connectivity index (χ1v) is 6.36. The van der Waals surface area contributed by atoms with Crippen molar-refractivity contribution in [3.05, 3.63) is 24.3 Å². The van der Waals surface area contributed by atoms with E-state index in [4.69, 9.17) is 0 Å². The minimum absolute atomic E-state index is 0.191. The molecule has 1 saturated heterocycles. The zero-order valence-electron chi connectivity index (χ0n) is 10.5. The van der Waals surface area contributed by atoms with E-state index in [0.717, 1.165) is 32.4 Å². The van der Waals surface area contributed by atoms with Crippen molar-refractivity contribution in [3.63, 3.8) is 0 Å². The molecule has 1 aromatic rings. The standard InChI is InChI=1S/C13H17F3N2O/c14-13(15,16)19-12-5-1-3-11(9-12)18-10-4-2-7-17-8-6-10/h1,3,5,9-10,17-18H,2,4,6-8H2. The van der Waals surface area contributed by atoms with Crippen molar-refractivity contribution < 1.29 is 17.9 Å². The molecule has 0 radical (unpaired) electrons. The molecule has 1 aliphatic rings. The Kier molecular flexibility index (Phi) is 4.52. The van der Waals surface area contributed by atoms with Gasteiger partial charge in [-0.25, -0.2) is 0 Å². The van der Waals surface area contributed by atoms with E-state index in [2.05, 4.69) is 15.4 Å². The Morgan fingerprint density at radius 3 is 2.84 bits per heavy atom. The third kappa shape index (κ3) is 4.98. The highest BCUT2D eigenvalue weighted by atomic mass is 19.4. The molecule has 1 atom stereocenters. The molecule has 0 aromatic heterocycles. The highest BCUT2D eigenvalue weighted by Gasteiger charge is 2.31. The summed E-state index contributed by atoms with van der Waals surface area (Å²) in [6, 6.07) is 6.27. The van der Waals surface area contributed by atoms with E-state index in [9.17, 15) is 13.2 Å². The zero-order valence-corrected chi connectivity index (χ0v) is 10.5. The number of hydrogen-bond acceptors (Lipinski definition) is 3. The van der Waals surface area contributed by atoms with Crippen LogP contribution >= 0.6 is 0 Å². The number of benzene rings is 1. The molecule has 2 N–H and O–H groups in total. The SMILES string of the molecule is FC(F)(F)Oc1cccc(NC2CCCNCC2)c1. The predicted molar refractivity (Wildman–Crippen MR) is 67.3 cm³/mol. The third-order valence-electron chi connectivity index (χ3n) is 3.01. The molecule has 1 aromatic carbocycles. The van der Waals surface area contributed by atoms with Crippen LogP contribution in [0, 0.1) is 0 Å². The van der Waals surface area contributed by atoms with E-state index < -0.39 is 6.36 Å². The highest BCUT2D eigenvalue weighted by molar-refractivity contribution is 5.48. The third-order valence-corrected chi connectivity index (χ3v) is 3.01. The molecule has 3 nitrogen and oxygen atoms in total. The van der Waals surface area contributed by atoms with Gasteiger partial charge in [-0.1, -0.05) is 6.07 Å². The van der Waals surface area contributed by atoms with Crippen molar-refractivity contribution in [3.8, 4) is 5.75 Å². The van der Waals surface area contributed by atoms with Gasteiger partial charge in [0.1, 0.15) is 5.75 Å². The van der Waals surface area contributed by atoms with Crippen LogP contribution < -0.4 is 15.4 Å². The lowest BCUT2D eigenvalue weighted by Crippen LogP contribution is -2.21. The first-order chi connectivity index (χ1) is 9.03. The minimum Gasteiger partial charge on any atom is -0.406 e. The average Bonchev–Trinajstić information content (AvgIpc) is 2.56. The molecule has 0 aliphatic carbocycles. The van der Waals surface area contributed by atoms with Crippen LogP contribution in [0.1, 0.15) is 19.3 Å². The Balaban J connectivity index is 1.98. The normalized spacial score (nSPS) is 20.7. The second-order valence-corrected chi connectivity index (χ2v) is 4.60. The van der Waals surface area contributed by atoms with Crippen LogP contribution in [0.3, 0.4) is 0 Å². The van der Waals surface area contributed by atoms with Gasteiger partial charge in [0.15, 0.2) is 0 Å². The van der Waals surface area contributed by atoms with Crippen molar-refractivity contribution >= 4 is 5.69 Å². The van der Waals surface area contributed by atoms with Gasteiger partial charge in [0, 0.05) is 17.8 Å². The Labute approximate surface area is 110 Å². The van der Waals surface area contributed by atoms with Crippen LogP contribution in [0.25, 0.3) is 0 Å². The summed E-state index contributed by atoms with van der Waals surface area (Å²) in [6.45, 7) is 1.92. The summed E-state index contributed by atoms with van der Waals surface area (Å²) in [5.41, 5.74) is 0.661. The van der Waals surface area contributed by atoms with Crippen LogP contribution in [0.15, 0.2) is 24.3 Å². The maximum absolute atomic E-state index is 12.1. The Bertz CT molecular complexity index is 401. The quantitative estimate of drug-likeness (QED) is 0.888. The number of alkyl halides is 3. The van der Waals surface area contributed by atoms with Crippen molar-refractivity contribution in [2.75, 3.05) is 18.4 Å². The fraction of sp³-hybridized carbons (Fsp3) is 0.538. The molecule has 6 heteroatoms. The maximum atomic E-state index is 12.1. The maximum Gasteiger partial charge on any atom is 0.573 e. The van der Waals surface area contributed by atoms with Crippen molar-refractivity contribution in [2.45, 2.75) is 31.7 Å². The van der Waals surface area contributed by atoms with E-state index in [-0.39, 0.29) is 11.8 Å². The largest absolute Gasteiger partial charge is 0.573 e. The van der Waals surface area contributed by atoms with Crippen LogP contribution in [-0.4, -0.2) is 25.5 Å². The fourth-order valence-corrected chi connectivity index (χ4v) is 2.18. The van der Waals surface area contributed by atoms with Crippen molar-refractivity contribution in [2.24, 2.45) is 0 Å². The summed E-state index contributed by atoms with van der Waals surface area (Å²) in [5, 5.41) is 6.55. The Hall–Kier alpha value is -1.43. The van der Waals surface area contributed by atoms with E-state index in [0.29, 0.717) is 5.69 Å². The summed E-state index contributed by atoms with van der Waals surface area (Å²) in [5.74, 6) is -0.191. The van der Waals surface area contributed by atoms with E-state index >= 15 is 0 Å². The van der Waals surface area contributed by atoms with Gasteiger partial charge in [0.25, 0.3) is 0 Å². The summed E-state index contributed by atoms with van der Waals surface area (Å²) >= 11 is 0. The number of rotatable bonds is 3. The number of nitrogens with one attached hydrogen (secondary N) is 2. The fourth-order valence-electron chi connectivity index (χ4n) is 2.18. The lowest BCUT2D eigenvalue weighted by Gasteiger charge is -2.18. The van der Waals surface area contributed by atoms with Gasteiger partial charge in [-0.05, 0) is 44.5 Å². The molecular weight excluding hydrogens is 257 g/mol. The predicted octanol–water partition coefficient (Wildman–Crippen LogP) is 3.14. The first-order valence-electron chi connectivity index (χ1n) is 6.36. The Morgan fingerprint density at radius 1 is 1.21 bits per heavy atom. The number of hydrogen-bond donors (Lipinski definition) is 2. The first kappa shape index (κ1) is 14.0. The molecular formula is C13H17F3N2O. The van der Waals surface area contributed by atoms with Gasteiger partial charge in [-0.15, -0.1) is 13.2 Å². The van der Waals surface area contributed by atoms with Gasteiger partial charge in [0.2, 0.25) is 0 Å². The summed E-state index contributed by atoms with van der Waals surface area (Å²) < 4.78 is 40.3. The van der Waals surface area contributed by atoms with Crippen LogP contribution in [-0.2, 0) is 0 Å². The number of ether oxygens (including phenoxy) is 1. The lowest BCUT2D eigenvalue weighted by atomic mass is 10.1. The molecule has 1 unspecified atom stereocenters. The number of halogens is 3. The van der Waals surface area contributed by atoms with Gasteiger partial charge >= 0.3 is 6.36 Å². The molecule has 1 heterocycles. The lowest BCUT2D eigenvalue weighted by molar-refractivity contribution is -0.274. The van der Waals surface area contributed by atoms with Gasteiger partial charge in [-0.3, -0.25) is 0 Å². The monoisotopic (exact) mass is 274 g/mol. The van der Waals surface area contributed by atoms with E-state index in [1.165, 1.54) is 12.1 Å². The molecule has 0 amide bonds. The summed E-state index contributed by atoms with van der Waals surface area (Å²) in [4.78, 5) is 0. The molecule has 1 fully saturated rings. The molecule has 19 heavy (non-hydrogen) atoms. The topological polar surface area (TPSA) is 33.3 Å². The minimum atomic E-state index is -4.65. The van der Waals surface area contributed by atoms with Crippen molar-refractivity contribution in [1.82, 2.24) is 5.32 Å². The second kappa shape index (κ2) is 6.14. The molecule has 0 spiro atoms. The smallest absolute Gasteiger partial charge is 0.406 e. The van der Waals surface area contributed by atoms with E-state index in [1.54, 1.807) is 12.1 Å². The average molecular weight is 274 g/mol. The Morgan fingerprint density at radius 2 is 2.05 bits per heavy atom. The zero-order chi connectivity index (χ0) is 13.7. The summed E-state index contributed by atoms with van der Waals surface area (Å²) in [7, 11) is 0. The van der Waals surface area contributed by atoms with E-state index in [1.807, 2.05) is 0 Å². The molecule has 0 bridgehead atoms. The van der Waals surface area contributed by atoms with Gasteiger partial charge in [-0.2, -0.15) is 0 Å². The molecule has 106 valence electrons. The van der Waals surface area contributed by atoms with Crippen molar-refractivity contribution in [1.29, 1.82) is 0 Å². The van der Waals surface area contributed by atoms with Gasteiger partial charge in [0.05, 0.1) is 0 Å². The number of anilines is 1. The highest BCUT2D eigenvalue weighted by Crippen LogP contribution is 2.25. The van der Waals surface area contributed by atoms with Crippen LogP contribution in [0.2, 0.25) is 0 Å². The molecule has 0 saturated carbocycles. The molecule has 2 rings (SSSR count). The second-order valence-electron chi connectivity index (χ2n) is 4.60. The molecule has 1 aliphatic heterocycles. The van der Waals surface area contributed by atoms with Gasteiger partial charge < -0.3 is 15.4 Å². The van der Waals surface area contributed by atoms with Crippen LogP contribution in [0.5, 0.6) is 5.75 Å². The van der Waals surface area contributed by atoms with Crippen LogP contribution in [0.4, 0.5) is 18.9 Å².